The molecule has 0 saturated carbocycles. The number of benzene rings is 4. The molecular formula is C40H28N4Pt. The van der Waals surface area contributed by atoms with Crippen LogP contribution in [0.2, 0.25) is 0 Å². The number of pyridine rings is 2. The molecule has 0 N–H and O–H groups in total. The average Bonchev–Trinajstić information content (AvgIpc) is 3.62. The van der Waals surface area contributed by atoms with Crippen LogP contribution in [0.4, 0.5) is 0 Å². The summed E-state index contributed by atoms with van der Waals surface area (Å²) in [7, 11) is 0. The fraction of sp³-hybridized carbons (Fsp3) is 0.0500. The first-order valence-electron chi connectivity index (χ1n) is 15.1. The van der Waals surface area contributed by atoms with Gasteiger partial charge in [-0.25, -0.2) is 4.98 Å². The molecule has 0 amide bonds. The van der Waals surface area contributed by atoms with E-state index in [1.165, 1.54) is 44.0 Å². The molecule has 0 spiro atoms. The van der Waals surface area contributed by atoms with E-state index in [0.29, 0.717) is 6.42 Å². The van der Waals surface area contributed by atoms with Crippen molar-refractivity contribution in [1.29, 1.82) is 0 Å². The summed E-state index contributed by atoms with van der Waals surface area (Å²) in [5.41, 5.74) is 8.76. The van der Waals surface area contributed by atoms with E-state index in [4.69, 9.17) is 9.97 Å². The first-order chi connectivity index (χ1) is 21.8. The SMILES string of the molecule is C1=CC(c2ccccn2)(n2c3ccccc3c3ccccc32)Cc2c1c1ccccc1n2-c1cc(-c2ccccc2)ccn1.[Pt]. The molecule has 0 saturated heterocycles. The van der Waals surface area contributed by atoms with Gasteiger partial charge >= 0.3 is 0 Å². The third kappa shape index (κ3) is 4.17. The fourth-order valence-electron chi connectivity index (χ4n) is 7.24. The normalized spacial score (nSPS) is 15.7. The molecular weight excluding hydrogens is 732 g/mol. The van der Waals surface area contributed by atoms with Crippen LogP contribution in [0, 0.1) is 0 Å². The summed E-state index contributed by atoms with van der Waals surface area (Å²) < 4.78 is 4.88. The Morgan fingerprint density at radius 1 is 0.556 bits per heavy atom. The van der Waals surface area contributed by atoms with Crippen molar-refractivity contribution >= 4 is 38.8 Å². The zero-order valence-electron chi connectivity index (χ0n) is 24.3. The zero-order valence-corrected chi connectivity index (χ0v) is 26.6. The second-order valence-electron chi connectivity index (χ2n) is 11.5. The average molecular weight is 760 g/mol. The van der Waals surface area contributed by atoms with E-state index in [9.17, 15) is 0 Å². The molecule has 4 nitrogen and oxygen atoms in total. The molecule has 0 bridgehead atoms. The molecule has 45 heavy (non-hydrogen) atoms. The van der Waals surface area contributed by atoms with E-state index in [-0.39, 0.29) is 21.1 Å². The third-order valence-electron chi connectivity index (χ3n) is 9.15. The topological polar surface area (TPSA) is 35.6 Å². The predicted molar refractivity (Wildman–Crippen MR) is 180 cm³/mol. The number of allylic oxidation sites excluding steroid dienone is 1. The first kappa shape index (κ1) is 27.5. The molecule has 1 aliphatic rings. The summed E-state index contributed by atoms with van der Waals surface area (Å²) in [6.07, 6.45) is 9.24. The Hall–Kier alpha value is -5.05. The maximum atomic E-state index is 5.03. The molecule has 9 rings (SSSR count). The van der Waals surface area contributed by atoms with Gasteiger partial charge in [-0.2, -0.15) is 0 Å². The molecule has 8 aromatic rings. The van der Waals surface area contributed by atoms with Gasteiger partial charge in [0.1, 0.15) is 11.4 Å². The Labute approximate surface area is 275 Å². The van der Waals surface area contributed by atoms with Crippen molar-refractivity contribution in [3.05, 3.63) is 169 Å². The largest absolute Gasteiger partial charge is 0.325 e. The van der Waals surface area contributed by atoms with Crippen LogP contribution >= 0.6 is 0 Å². The molecule has 1 aliphatic carbocycles. The van der Waals surface area contributed by atoms with Gasteiger partial charge in [-0.05, 0) is 53.6 Å². The Morgan fingerprint density at radius 3 is 1.91 bits per heavy atom. The van der Waals surface area contributed by atoms with E-state index in [0.717, 1.165) is 22.6 Å². The van der Waals surface area contributed by atoms with Crippen LogP contribution < -0.4 is 0 Å². The Kier molecular flexibility index (Phi) is 6.62. The van der Waals surface area contributed by atoms with Crippen molar-refractivity contribution in [3.63, 3.8) is 0 Å². The van der Waals surface area contributed by atoms with Gasteiger partial charge in [0, 0.05) is 67.3 Å². The Bertz CT molecular complexity index is 2320. The monoisotopic (exact) mass is 759 g/mol. The minimum Gasteiger partial charge on any atom is -0.325 e. The number of hydrogen-bond donors (Lipinski definition) is 0. The van der Waals surface area contributed by atoms with Crippen molar-refractivity contribution in [1.82, 2.24) is 19.1 Å². The van der Waals surface area contributed by atoms with Gasteiger partial charge in [0.15, 0.2) is 0 Å². The van der Waals surface area contributed by atoms with Crippen LogP contribution in [0.25, 0.3) is 55.7 Å². The maximum absolute atomic E-state index is 5.03. The second-order valence-corrected chi connectivity index (χ2v) is 11.5. The molecule has 4 heterocycles. The number of aromatic nitrogens is 4. The summed E-state index contributed by atoms with van der Waals surface area (Å²) in [5, 5.41) is 3.72. The van der Waals surface area contributed by atoms with Crippen molar-refractivity contribution in [2.75, 3.05) is 0 Å². The summed E-state index contributed by atoms with van der Waals surface area (Å²) in [6.45, 7) is 0. The molecule has 4 aromatic carbocycles. The minimum atomic E-state index is -0.569. The molecule has 4 aromatic heterocycles. The first-order valence-corrected chi connectivity index (χ1v) is 15.1. The predicted octanol–water partition coefficient (Wildman–Crippen LogP) is 9.21. The Balaban J connectivity index is 0.00000300. The quantitative estimate of drug-likeness (QED) is 0.180. The molecule has 1 atom stereocenters. The maximum Gasteiger partial charge on any atom is 0.137 e. The summed E-state index contributed by atoms with van der Waals surface area (Å²) >= 11 is 0. The van der Waals surface area contributed by atoms with Crippen LogP contribution in [0.3, 0.4) is 0 Å². The van der Waals surface area contributed by atoms with Gasteiger partial charge in [0.05, 0.1) is 22.2 Å². The van der Waals surface area contributed by atoms with E-state index >= 15 is 0 Å². The molecule has 0 aliphatic heterocycles. The van der Waals surface area contributed by atoms with E-state index < -0.39 is 5.54 Å². The van der Waals surface area contributed by atoms with Gasteiger partial charge in [-0.15, -0.1) is 0 Å². The van der Waals surface area contributed by atoms with Gasteiger partial charge in [0.2, 0.25) is 0 Å². The van der Waals surface area contributed by atoms with Gasteiger partial charge in [-0.3, -0.25) is 9.55 Å². The van der Waals surface area contributed by atoms with Crippen molar-refractivity contribution in [2.24, 2.45) is 0 Å². The second kappa shape index (κ2) is 10.8. The van der Waals surface area contributed by atoms with Gasteiger partial charge < -0.3 is 4.57 Å². The van der Waals surface area contributed by atoms with Crippen LogP contribution in [-0.2, 0) is 33.0 Å². The van der Waals surface area contributed by atoms with Crippen LogP contribution in [-0.4, -0.2) is 19.1 Å². The molecule has 0 fully saturated rings. The number of nitrogens with zero attached hydrogens (tertiary/aromatic N) is 4. The summed E-state index contributed by atoms with van der Waals surface area (Å²) in [4.78, 5) is 10.00. The van der Waals surface area contributed by atoms with E-state index in [1.807, 2.05) is 18.5 Å². The Morgan fingerprint density at radius 2 is 1.20 bits per heavy atom. The molecule has 1 unspecified atom stereocenters. The third-order valence-corrected chi connectivity index (χ3v) is 9.15. The summed E-state index contributed by atoms with van der Waals surface area (Å²) in [5.74, 6) is 0.913. The van der Waals surface area contributed by atoms with Crippen LogP contribution in [0.15, 0.2) is 152 Å². The molecule has 5 heteroatoms. The fourth-order valence-corrected chi connectivity index (χ4v) is 7.24. The van der Waals surface area contributed by atoms with Crippen molar-refractivity contribution in [3.8, 4) is 16.9 Å². The van der Waals surface area contributed by atoms with E-state index in [1.54, 1.807) is 0 Å². The number of para-hydroxylation sites is 3. The van der Waals surface area contributed by atoms with Crippen molar-refractivity contribution < 1.29 is 21.1 Å². The van der Waals surface area contributed by atoms with Crippen LogP contribution in [0.1, 0.15) is 17.0 Å². The minimum absolute atomic E-state index is 0. The van der Waals surface area contributed by atoms with Gasteiger partial charge in [-0.1, -0.05) is 103 Å². The standard InChI is InChI=1S/C40H28N4.Pt/c1-2-12-28(13-3-1)29-22-25-42-39(26-29)43-34-17-7-4-14-30(34)33-21-23-40(27-37(33)43,38-20-10-11-24-41-38)44-35-18-8-5-15-31(35)32-16-6-9-19-36(32)44;/h1-26H,27H2;. The smallest absolute Gasteiger partial charge is 0.137 e. The number of rotatable bonds is 4. The van der Waals surface area contributed by atoms with Gasteiger partial charge in [0.25, 0.3) is 0 Å². The van der Waals surface area contributed by atoms with E-state index in [2.05, 4.69) is 149 Å². The van der Waals surface area contributed by atoms with Crippen molar-refractivity contribution in [2.45, 2.75) is 12.0 Å². The number of hydrogen-bond acceptors (Lipinski definition) is 2. The molecule has 0 radical (unpaired) electrons. The molecule has 218 valence electrons. The number of fused-ring (bicyclic) bond motifs is 6. The van der Waals surface area contributed by atoms with Crippen LogP contribution in [0.5, 0.6) is 0 Å². The summed E-state index contributed by atoms with van der Waals surface area (Å²) in [6, 6.07) is 47.2. The zero-order chi connectivity index (χ0) is 29.1.